The van der Waals surface area contributed by atoms with Crippen LogP contribution in [0.4, 0.5) is 16.3 Å². The van der Waals surface area contributed by atoms with E-state index >= 15 is 0 Å². The van der Waals surface area contributed by atoms with Gasteiger partial charge in [0.15, 0.2) is 0 Å². The maximum Gasteiger partial charge on any atom is 0.410 e. The Hall–Kier alpha value is -3.35. The van der Waals surface area contributed by atoms with E-state index in [0.717, 1.165) is 48.8 Å². The van der Waals surface area contributed by atoms with Crippen molar-refractivity contribution in [2.45, 2.75) is 39.2 Å². The second kappa shape index (κ2) is 9.12. The number of aromatic nitrogens is 2. The lowest BCUT2D eigenvalue weighted by Crippen LogP contribution is -2.50. The highest BCUT2D eigenvalue weighted by Gasteiger charge is 2.26. The highest BCUT2D eigenvalue weighted by atomic mass is 16.6. The summed E-state index contributed by atoms with van der Waals surface area (Å²) in [5.74, 6) is 0.924. The minimum Gasteiger partial charge on any atom is -0.444 e. The molecule has 5 rings (SSSR count). The summed E-state index contributed by atoms with van der Waals surface area (Å²) >= 11 is 0. The number of piperazine rings is 1. The topological polar surface area (TPSA) is 61.8 Å². The molecule has 0 N–H and O–H groups in total. The van der Waals surface area contributed by atoms with Crippen molar-refractivity contribution in [3.8, 4) is 11.3 Å². The molecule has 1 amide bonds. The van der Waals surface area contributed by atoms with Gasteiger partial charge in [-0.1, -0.05) is 18.2 Å². The van der Waals surface area contributed by atoms with Crippen LogP contribution in [0.15, 0.2) is 48.7 Å². The average molecular weight is 460 g/mol. The number of para-hydroxylation sites is 1. The Bertz CT molecular complexity index is 1160. The predicted octanol–water partition coefficient (Wildman–Crippen LogP) is 4.95. The third-order valence-corrected chi connectivity index (χ3v) is 6.44. The van der Waals surface area contributed by atoms with Gasteiger partial charge in [-0.3, -0.25) is 0 Å². The van der Waals surface area contributed by atoms with Gasteiger partial charge in [-0.05, 0) is 57.9 Å². The molecule has 7 heteroatoms. The second-order valence-electron chi connectivity index (χ2n) is 10.1. The predicted molar refractivity (Wildman–Crippen MR) is 136 cm³/mol. The number of pyridine rings is 2. The summed E-state index contributed by atoms with van der Waals surface area (Å²) in [7, 11) is 0. The molecule has 178 valence electrons. The summed E-state index contributed by atoms with van der Waals surface area (Å²) in [6.45, 7) is 10.6. The largest absolute Gasteiger partial charge is 0.444 e. The molecule has 7 nitrogen and oxygen atoms in total. The lowest BCUT2D eigenvalue weighted by Gasteiger charge is -2.36. The average Bonchev–Trinajstić information content (AvgIpc) is 3.37. The third kappa shape index (κ3) is 4.79. The number of amides is 1. The molecule has 3 aromatic rings. The Morgan fingerprint density at radius 3 is 2.32 bits per heavy atom. The summed E-state index contributed by atoms with van der Waals surface area (Å²) in [5.41, 5.74) is 3.78. The quantitative estimate of drug-likeness (QED) is 0.552. The smallest absolute Gasteiger partial charge is 0.410 e. The number of benzene rings is 1. The normalized spacial score (nSPS) is 16.9. The summed E-state index contributed by atoms with van der Waals surface area (Å²) < 4.78 is 5.50. The van der Waals surface area contributed by atoms with Crippen LogP contribution in [0.25, 0.3) is 22.2 Å². The van der Waals surface area contributed by atoms with E-state index in [1.54, 1.807) is 4.90 Å². The molecule has 34 heavy (non-hydrogen) atoms. The minimum atomic E-state index is -0.475. The number of hydrogen-bond donors (Lipinski definition) is 0. The standard InChI is InChI=1S/C27H33N5O2/c1-27(2,3)34-26(33)32-16-14-31(15-17-32)25-11-10-20(19-28-25)23-18-24(30-12-6-7-13-30)21-8-4-5-9-22(21)29-23/h4-5,8-11,18-19H,6-7,12-17H2,1-3H3. The van der Waals surface area contributed by atoms with Gasteiger partial charge >= 0.3 is 6.09 Å². The van der Waals surface area contributed by atoms with E-state index in [0.29, 0.717) is 13.1 Å². The van der Waals surface area contributed by atoms with E-state index in [2.05, 4.69) is 46.2 Å². The molecule has 1 aromatic carbocycles. The van der Waals surface area contributed by atoms with Crippen LogP contribution >= 0.6 is 0 Å². The van der Waals surface area contributed by atoms with Gasteiger partial charge in [0.05, 0.1) is 11.2 Å². The maximum atomic E-state index is 12.3. The van der Waals surface area contributed by atoms with Gasteiger partial charge < -0.3 is 19.4 Å². The molecule has 0 spiro atoms. The van der Waals surface area contributed by atoms with Crippen molar-refractivity contribution in [2.75, 3.05) is 49.1 Å². The van der Waals surface area contributed by atoms with E-state index in [4.69, 9.17) is 14.7 Å². The fourth-order valence-corrected chi connectivity index (χ4v) is 4.69. The molecule has 0 unspecified atom stereocenters. The minimum absolute atomic E-state index is 0.244. The van der Waals surface area contributed by atoms with Gasteiger partial charge in [-0.15, -0.1) is 0 Å². The number of nitrogens with zero attached hydrogens (tertiary/aromatic N) is 5. The van der Waals surface area contributed by atoms with Crippen molar-refractivity contribution in [1.29, 1.82) is 0 Å². The van der Waals surface area contributed by atoms with Crippen molar-refractivity contribution >= 4 is 28.5 Å². The van der Waals surface area contributed by atoms with E-state index in [-0.39, 0.29) is 6.09 Å². The second-order valence-corrected chi connectivity index (χ2v) is 10.1. The number of hydrogen-bond acceptors (Lipinski definition) is 6. The van der Waals surface area contributed by atoms with Gasteiger partial charge in [-0.2, -0.15) is 0 Å². The van der Waals surface area contributed by atoms with E-state index in [9.17, 15) is 4.79 Å². The zero-order valence-electron chi connectivity index (χ0n) is 20.3. The number of anilines is 2. The number of ether oxygens (including phenoxy) is 1. The Morgan fingerprint density at radius 1 is 0.912 bits per heavy atom. The number of carbonyl (C=O) groups excluding carboxylic acids is 1. The van der Waals surface area contributed by atoms with Crippen LogP contribution in [0.3, 0.4) is 0 Å². The highest BCUT2D eigenvalue weighted by Crippen LogP contribution is 2.33. The first-order valence-corrected chi connectivity index (χ1v) is 12.2. The SMILES string of the molecule is CC(C)(C)OC(=O)N1CCN(c2ccc(-c3cc(N4CCCC4)c4ccccc4n3)cn2)CC1. The lowest BCUT2D eigenvalue weighted by atomic mass is 10.1. The van der Waals surface area contributed by atoms with Crippen LogP contribution in [0, 0.1) is 0 Å². The molecule has 2 aromatic heterocycles. The fraction of sp³-hybridized carbons (Fsp3) is 0.444. The van der Waals surface area contributed by atoms with Gasteiger partial charge in [0.25, 0.3) is 0 Å². The molecule has 2 fully saturated rings. The molecule has 0 saturated carbocycles. The van der Waals surface area contributed by atoms with Gasteiger partial charge in [0.2, 0.25) is 0 Å². The molecular formula is C27H33N5O2. The molecule has 2 aliphatic rings. The lowest BCUT2D eigenvalue weighted by molar-refractivity contribution is 0.0240. The van der Waals surface area contributed by atoms with Crippen molar-refractivity contribution in [2.24, 2.45) is 0 Å². The van der Waals surface area contributed by atoms with E-state index < -0.39 is 5.60 Å². The van der Waals surface area contributed by atoms with Crippen LogP contribution in [0.1, 0.15) is 33.6 Å². The molecule has 0 atom stereocenters. The molecule has 4 heterocycles. The first kappa shape index (κ1) is 22.4. The van der Waals surface area contributed by atoms with E-state index in [1.165, 1.54) is 23.9 Å². The fourth-order valence-electron chi connectivity index (χ4n) is 4.69. The highest BCUT2D eigenvalue weighted by molar-refractivity contribution is 5.94. The van der Waals surface area contributed by atoms with Gasteiger partial charge in [0.1, 0.15) is 11.4 Å². The summed E-state index contributed by atoms with van der Waals surface area (Å²) in [6.07, 6.45) is 4.15. The van der Waals surface area contributed by atoms with Crippen molar-refractivity contribution in [3.05, 3.63) is 48.7 Å². The summed E-state index contributed by atoms with van der Waals surface area (Å²) in [4.78, 5) is 28.5. The zero-order chi connectivity index (χ0) is 23.7. The number of fused-ring (bicyclic) bond motifs is 1. The van der Waals surface area contributed by atoms with E-state index in [1.807, 2.05) is 33.0 Å². The van der Waals surface area contributed by atoms with Crippen LogP contribution < -0.4 is 9.80 Å². The first-order valence-electron chi connectivity index (χ1n) is 12.2. The summed E-state index contributed by atoms with van der Waals surface area (Å²) in [6, 6.07) is 14.8. The van der Waals surface area contributed by atoms with Crippen molar-refractivity contribution in [3.63, 3.8) is 0 Å². The van der Waals surface area contributed by atoms with Gasteiger partial charge in [-0.25, -0.2) is 14.8 Å². The number of rotatable bonds is 3. The van der Waals surface area contributed by atoms with Crippen LogP contribution in [-0.2, 0) is 4.74 Å². The zero-order valence-corrected chi connectivity index (χ0v) is 20.3. The monoisotopic (exact) mass is 459 g/mol. The Morgan fingerprint density at radius 2 is 1.65 bits per heavy atom. The third-order valence-electron chi connectivity index (χ3n) is 6.44. The molecule has 0 radical (unpaired) electrons. The Kier molecular flexibility index (Phi) is 6.02. The molecule has 0 aliphatic carbocycles. The van der Waals surface area contributed by atoms with Crippen molar-refractivity contribution in [1.82, 2.24) is 14.9 Å². The Balaban J connectivity index is 1.32. The maximum absolute atomic E-state index is 12.3. The van der Waals surface area contributed by atoms with Crippen LogP contribution in [0.2, 0.25) is 0 Å². The number of carbonyl (C=O) groups is 1. The molecule has 2 aliphatic heterocycles. The van der Waals surface area contributed by atoms with Crippen LogP contribution in [-0.4, -0.2) is 65.8 Å². The molecule has 2 saturated heterocycles. The summed E-state index contributed by atoms with van der Waals surface area (Å²) in [5, 5.41) is 1.21. The first-order chi connectivity index (χ1) is 16.4. The molecular weight excluding hydrogens is 426 g/mol. The van der Waals surface area contributed by atoms with Gasteiger partial charge in [0, 0.05) is 62.1 Å². The van der Waals surface area contributed by atoms with Crippen LogP contribution in [0.5, 0.6) is 0 Å². The molecule has 0 bridgehead atoms. The van der Waals surface area contributed by atoms with Crippen molar-refractivity contribution < 1.29 is 9.53 Å². The Labute approximate surface area is 201 Å².